The highest BCUT2D eigenvalue weighted by Crippen LogP contribution is 2.19. The van der Waals surface area contributed by atoms with E-state index in [2.05, 4.69) is 15.9 Å². The fourth-order valence-electron chi connectivity index (χ4n) is 1.52. The number of aliphatic carboxylic acids is 1. The molecular weight excluding hydrogens is 238 g/mol. The minimum Gasteiger partial charge on any atom is -0.480 e. The van der Waals surface area contributed by atoms with Crippen molar-refractivity contribution in [3.63, 3.8) is 0 Å². The molecule has 1 rings (SSSR count). The number of carboxylic acids is 1. The Kier molecular flexibility index (Phi) is 3.30. The minimum absolute atomic E-state index is 0.134. The molecule has 1 saturated heterocycles. The predicted octanol–water partition coefficient (Wildman–Crippen LogP) is 0.845. The fraction of sp³-hybridized carbons (Fsp3) is 0.750. The van der Waals surface area contributed by atoms with Crippen LogP contribution in [0.2, 0.25) is 0 Å². The van der Waals surface area contributed by atoms with Crippen LogP contribution in [0, 0.1) is 0 Å². The largest absolute Gasteiger partial charge is 0.480 e. The van der Waals surface area contributed by atoms with Crippen molar-refractivity contribution in [3.8, 4) is 0 Å². The zero-order valence-electron chi connectivity index (χ0n) is 7.36. The van der Waals surface area contributed by atoms with Crippen molar-refractivity contribution in [2.75, 3.05) is 6.54 Å². The number of hydrogen-bond donors (Lipinski definition) is 1. The lowest BCUT2D eigenvalue weighted by atomic mass is 10.2. The van der Waals surface area contributed by atoms with Gasteiger partial charge in [0, 0.05) is 6.54 Å². The first kappa shape index (κ1) is 10.5. The van der Waals surface area contributed by atoms with Gasteiger partial charge in [-0.05, 0) is 19.8 Å². The Morgan fingerprint density at radius 3 is 2.69 bits per heavy atom. The molecule has 1 aliphatic heterocycles. The van der Waals surface area contributed by atoms with Crippen LogP contribution in [-0.4, -0.2) is 39.3 Å². The number of likely N-dealkylation sites (tertiary alicyclic amines) is 1. The molecule has 0 radical (unpaired) electrons. The van der Waals surface area contributed by atoms with Crippen molar-refractivity contribution in [1.29, 1.82) is 0 Å². The van der Waals surface area contributed by atoms with Gasteiger partial charge in [-0.15, -0.1) is 0 Å². The van der Waals surface area contributed by atoms with E-state index in [-0.39, 0.29) is 10.7 Å². The Hall–Kier alpha value is -0.580. The van der Waals surface area contributed by atoms with E-state index in [1.165, 1.54) is 4.90 Å². The van der Waals surface area contributed by atoms with Gasteiger partial charge in [-0.3, -0.25) is 4.79 Å². The topological polar surface area (TPSA) is 57.6 Å². The highest BCUT2D eigenvalue weighted by molar-refractivity contribution is 9.10. The van der Waals surface area contributed by atoms with Gasteiger partial charge in [0.1, 0.15) is 6.04 Å². The number of carbonyl (C=O) groups excluding carboxylic acids is 1. The molecule has 13 heavy (non-hydrogen) atoms. The summed E-state index contributed by atoms with van der Waals surface area (Å²) in [5.74, 6) is -1.04. The van der Waals surface area contributed by atoms with E-state index in [1.807, 2.05) is 0 Å². The third-order valence-electron chi connectivity index (χ3n) is 2.16. The lowest BCUT2D eigenvalue weighted by Gasteiger charge is -2.22. The summed E-state index contributed by atoms with van der Waals surface area (Å²) in [6, 6.07) is -0.618. The van der Waals surface area contributed by atoms with E-state index in [1.54, 1.807) is 6.92 Å². The first-order valence-electron chi connectivity index (χ1n) is 4.21. The van der Waals surface area contributed by atoms with Crippen molar-refractivity contribution >= 4 is 27.8 Å². The molecule has 2 unspecified atom stereocenters. The fourth-order valence-corrected chi connectivity index (χ4v) is 1.78. The zero-order valence-corrected chi connectivity index (χ0v) is 8.95. The van der Waals surface area contributed by atoms with Crippen LogP contribution in [0.15, 0.2) is 0 Å². The van der Waals surface area contributed by atoms with E-state index >= 15 is 0 Å². The van der Waals surface area contributed by atoms with Crippen molar-refractivity contribution < 1.29 is 14.7 Å². The molecule has 74 valence electrons. The first-order chi connectivity index (χ1) is 6.04. The minimum atomic E-state index is -0.904. The monoisotopic (exact) mass is 249 g/mol. The molecule has 0 aromatic heterocycles. The van der Waals surface area contributed by atoms with Crippen molar-refractivity contribution in [2.24, 2.45) is 0 Å². The molecule has 0 aliphatic carbocycles. The molecule has 1 amide bonds. The molecule has 0 aromatic carbocycles. The Morgan fingerprint density at radius 1 is 1.62 bits per heavy atom. The number of hydrogen-bond acceptors (Lipinski definition) is 2. The standard InChI is InChI=1S/C8H12BrNO3/c1-5(9)7(11)10-4-2-3-6(10)8(12)13/h5-6H,2-4H2,1H3,(H,12,13). The van der Waals surface area contributed by atoms with E-state index in [4.69, 9.17) is 5.11 Å². The van der Waals surface area contributed by atoms with E-state index < -0.39 is 12.0 Å². The second-order valence-corrected chi connectivity index (χ2v) is 4.52. The number of alkyl halides is 1. The third-order valence-corrected chi connectivity index (χ3v) is 2.55. The van der Waals surface area contributed by atoms with Crippen molar-refractivity contribution in [3.05, 3.63) is 0 Å². The zero-order chi connectivity index (χ0) is 10.0. The van der Waals surface area contributed by atoms with Gasteiger partial charge in [0.25, 0.3) is 0 Å². The normalized spacial score (nSPS) is 24.5. The summed E-state index contributed by atoms with van der Waals surface area (Å²) < 4.78 is 0. The van der Waals surface area contributed by atoms with Gasteiger partial charge in [-0.25, -0.2) is 4.79 Å². The lowest BCUT2D eigenvalue weighted by molar-refractivity contribution is -0.147. The molecule has 1 aliphatic rings. The van der Waals surface area contributed by atoms with E-state index in [9.17, 15) is 9.59 Å². The first-order valence-corrected chi connectivity index (χ1v) is 5.13. The van der Waals surface area contributed by atoms with Crippen LogP contribution in [0.5, 0.6) is 0 Å². The molecule has 0 saturated carbocycles. The number of carboxylic acid groups (broad SMARTS) is 1. The Balaban J connectivity index is 2.68. The lowest BCUT2D eigenvalue weighted by Crippen LogP contribution is -2.43. The molecule has 0 aromatic rings. The maximum absolute atomic E-state index is 11.5. The summed E-state index contributed by atoms with van der Waals surface area (Å²) in [4.78, 5) is 23.3. The summed E-state index contributed by atoms with van der Waals surface area (Å²) in [5.41, 5.74) is 0. The van der Waals surface area contributed by atoms with Gasteiger partial charge in [0.15, 0.2) is 0 Å². The van der Waals surface area contributed by atoms with Gasteiger partial charge in [-0.1, -0.05) is 15.9 Å². The highest BCUT2D eigenvalue weighted by Gasteiger charge is 2.34. The van der Waals surface area contributed by atoms with Crippen LogP contribution in [0.4, 0.5) is 0 Å². The molecule has 1 N–H and O–H groups in total. The molecule has 0 spiro atoms. The van der Waals surface area contributed by atoms with Crippen LogP contribution >= 0.6 is 15.9 Å². The van der Waals surface area contributed by atoms with Gasteiger partial charge in [-0.2, -0.15) is 0 Å². The molecule has 0 bridgehead atoms. The maximum atomic E-state index is 11.5. The second kappa shape index (κ2) is 4.09. The van der Waals surface area contributed by atoms with Gasteiger partial charge in [0.05, 0.1) is 4.83 Å². The van der Waals surface area contributed by atoms with Crippen molar-refractivity contribution in [1.82, 2.24) is 4.90 Å². The number of halogens is 1. The van der Waals surface area contributed by atoms with Crippen LogP contribution in [0.3, 0.4) is 0 Å². The Morgan fingerprint density at radius 2 is 2.23 bits per heavy atom. The quantitative estimate of drug-likeness (QED) is 0.739. The van der Waals surface area contributed by atoms with Crippen LogP contribution < -0.4 is 0 Å². The van der Waals surface area contributed by atoms with E-state index in [0.717, 1.165) is 6.42 Å². The maximum Gasteiger partial charge on any atom is 0.326 e. The van der Waals surface area contributed by atoms with Crippen LogP contribution in [-0.2, 0) is 9.59 Å². The molecule has 5 heteroatoms. The van der Waals surface area contributed by atoms with E-state index in [0.29, 0.717) is 13.0 Å². The summed E-state index contributed by atoms with van der Waals surface area (Å²) >= 11 is 3.14. The van der Waals surface area contributed by atoms with Crippen LogP contribution in [0.1, 0.15) is 19.8 Å². The Labute approximate surface area is 85.0 Å². The summed E-state index contributed by atoms with van der Waals surface area (Å²) in [6.45, 7) is 2.27. The molecular formula is C8H12BrNO3. The summed E-state index contributed by atoms with van der Waals surface area (Å²) in [6.07, 6.45) is 1.35. The molecule has 4 nitrogen and oxygen atoms in total. The number of carbonyl (C=O) groups is 2. The Bertz CT molecular complexity index is 229. The van der Waals surface area contributed by atoms with Gasteiger partial charge < -0.3 is 10.0 Å². The highest BCUT2D eigenvalue weighted by atomic mass is 79.9. The smallest absolute Gasteiger partial charge is 0.326 e. The molecule has 1 fully saturated rings. The average Bonchev–Trinajstić information content (AvgIpc) is 2.50. The molecule has 1 heterocycles. The average molecular weight is 250 g/mol. The van der Waals surface area contributed by atoms with Gasteiger partial charge in [0.2, 0.25) is 5.91 Å². The van der Waals surface area contributed by atoms with Gasteiger partial charge >= 0.3 is 5.97 Å². The predicted molar refractivity (Wildman–Crippen MR) is 50.8 cm³/mol. The number of nitrogens with zero attached hydrogens (tertiary/aromatic N) is 1. The second-order valence-electron chi connectivity index (χ2n) is 3.14. The van der Waals surface area contributed by atoms with Crippen LogP contribution in [0.25, 0.3) is 0 Å². The molecule has 2 atom stereocenters. The summed E-state index contributed by atoms with van der Waals surface area (Å²) in [5, 5.41) is 8.81. The SMILES string of the molecule is CC(Br)C(=O)N1CCCC1C(=O)O. The number of rotatable bonds is 2. The summed E-state index contributed by atoms with van der Waals surface area (Å²) in [7, 11) is 0. The van der Waals surface area contributed by atoms with Crippen molar-refractivity contribution in [2.45, 2.75) is 30.6 Å². The number of amides is 1. The third kappa shape index (κ3) is 2.21.